The number of hydrogen-bond acceptors (Lipinski definition) is 5. The van der Waals surface area contributed by atoms with Crippen LogP contribution in [0.4, 0.5) is 10.5 Å². The highest BCUT2D eigenvalue weighted by Gasteiger charge is 2.43. The third kappa shape index (κ3) is 4.49. The molecule has 7 heteroatoms. The van der Waals surface area contributed by atoms with Crippen molar-refractivity contribution in [3.05, 3.63) is 59.4 Å². The molecule has 1 fully saturated rings. The van der Waals surface area contributed by atoms with Gasteiger partial charge in [-0.3, -0.25) is 9.69 Å². The summed E-state index contributed by atoms with van der Waals surface area (Å²) >= 11 is 0. The first kappa shape index (κ1) is 25.3. The third-order valence-corrected chi connectivity index (χ3v) is 8.45. The second-order valence-corrected chi connectivity index (χ2v) is 11.2. The standard InChI is InChI=1S/C30H37N3O4/c1-19-11-13-22-24(32(19)29(35)37-5)15-16-25-27(22)31-26(17-20-9-7-6-8-10-20)33(25)21-12-14-23(28(34)36-4)30(2,3)18-21/h6-10,15-16,19,21,23H,11-14,17-18H2,1-5H3/t19-,21+,23+/m0/s1. The molecule has 0 spiro atoms. The molecule has 196 valence electrons. The lowest BCUT2D eigenvalue weighted by Crippen LogP contribution is -2.42. The van der Waals surface area contributed by atoms with Crippen LogP contribution in [0, 0.1) is 11.3 Å². The average Bonchev–Trinajstić information content (AvgIpc) is 3.25. The van der Waals surface area contributed by atoms with E-state index in [1.165, 1.54) is 19.8 Å². The fourth-order valence-corrected chi connectivity index (χ4v) is 6.53. The minimum absolute atomic E-state index is 0.0673. The molecule has 0 radical (unpaired) electrons. The summed E-state index contributed by atoms with van der Waals surface area (Å²) in [6, 6.07) is 14.9. The number of ether oxygens (including phenoxy) is 2. The molecule has 0 saturated heterocycles. The van der Waals surface area contributed by atoms with Crippen LogP contribution >= 0.6 is 0 Å². The lowest BCUT2D eigenvalue weighted by molar-refractivity contribution is -0.152. The molecule has 1 aliphatic heterocycles. The monoisotopic (exact) mass is 503 g/mol. The average molecular weight is 504 g/mol. The molecule has 2 aromatic carbocycles. The van der Waals surface area contributed by atoms with Gasteiger partial charge in [0.2, 0.25) is 0 Å². The molecule has 1 aliphatic carbocycles. The van der Waals surface area contributed by atoms with E-state index in [2.05, 4.69) is 61.7 Å². The Morgan fingerprint density at radius 1 is 1.03 bits per heavy atom. The summed E-state index contributed by atoms with van der Waals surface area (Å²) in [5.74, 6) is 0.800. The van der Waals surface area contributed by atoms with Crippen LogP contribution in [-0.4, -0.2) is 41.9 Å². The van der Waals surface area contributed by atoms with Gasteiger partial charge in [0, 0.05) is 24.1 Å². The summed E-state index contributed by atoms with van der Waals surface area (Å²) in [5.41, 5.74) is 5.08. The van der Waals surface area contributed by atoms with E-state index in [4.69, 9.17) is 14.5 Å². The Morgan fingerprint density at radius 2 is 1.78 bits per heavy atom. The topological polar surface area (TPSA) is 73.7 Å². The number of aromatic nitrogens is 2. The number of nitrogens with zero attached hydrogens (tertiary/aromatic N) is 3. The van der Waals surface area contributed by atoms with Gasteiger partial charge in [-0.2, -0.15) is 0 Å². The Hall–Kier alpha value is -3.35. The number of carbonyl (C=O) groups is 2. The van der Waals surface area contributed by atoms with Crippen molar-refractivity contribution >= 4 is 28.8 Å². The first-order valence-corrected chi connectivity index (χ1v) is 13.3. The predicted molar refractivity (Wildman–Crippen MR) is 144 cm³/mol. The van der Waals surface area contributed by atoms with Gasteiger partial charge in [-0.15, -0.1) is 0 Å². The zero-order valence-electron chi connectivity index (χ0n) is 22.5. The van der Waals surface area contributed by atoms with Crippen molar-refractivity contribution < 1.29 is 19.1 Å². The number of amides is 1. The predicted octanol–water partition coefficient (Wildman–Crippen LogP) is 6.08. The van der Waals surface area contributed by atoms with Crippen molar-refractivity contribution in [2.24, 2.45) is 11.3 Å². The molecule has 2 aliphatic rings. The van der Waals surface area contributed by atoms with Crippen LogP contribution in [0.1, 0.15) is 69.4 Å². The molecule has 7 nitrogen and oxygen atoms in total. The molecular formula is C30H37N3O4. The van der Waals surface area contributed by atoms with Crippen LogP contribution in [0.2, 0.25) is 0 Å². The summed E-state index contributed by atoms with van der Waals surface area (Å²) in [6.07, 6.45) is 4.65. The van der Waals surface area contributed by atoms with Crippen LogP contribution in [-0.2, 0) is 27.1 Å². The van der Waals surface area contributed by atoms with Gasteiger partial charge in [-0.1, -0.05) is 44.2 Å². The normalized spacial score (nSPS) is 22.9. The van der Waals surface area contributed by atoms with Gasteiger partial charge in [0.25, 0.3) is 0 Å². The van der Waals surface area contributed by atoms with E-state index in [0.29, 0.717) is 0 Å². The van der Waals surface area contributed by atoms with Gasteiger partial charge in [0.05, 0.1) is 36.9 Å². The van der Waals surface area contributed by atoms with Gasteiger partial charge >= 0.3 is 12.1 Å². The number of anilines is 1. The number of aryl methyl sites for hydroxylation is 1. The highest BCUT2D eigenvalue weighted by molar-refractivity contribution is 5.95. The van der Waals surface area contributed by atoms with Gasteiger partial charge in [-0.25, -0.2) is 9.78 Å². The van der Waals surface area contributed by atoms with Crippen molar-refractivity contribution in [2.45, 2.75) is 71.4 Å². The summed E-state index contributed by atoms with van der Waals surface area (Å²) in [5, 5.41) is 0. The Morgan fingerprint density at radius 3 is 2.46 bits per heavy atom. The largest absolute Gasteiger partial charge is 0.469 e. The zero-order chi connectivity index (χ0) is 26.3. The van der Waals surface area contributed by atoms with Crippen molar-refractivity contribution in [1.82, 2.24) is 9.55 Å². The van der Waals surface area contributed by atoms with Crippen molar-refractivity contribution in [3.8, 4) is 0 Å². The molecule has 0 bridgehead atoms. The van der Waals surface area contributed by atoms with Crippen LogP contribution in [0.25, 0.3) is 11.0 Å². The van der Waals surface area contributed by atoms with Crippen LogP contribution in [0.15, 0.2) is 42.5 Å². The molecule has 0 unspecified atom stereocenters. The van der Waals surface area contributed by atoms with Crippen LogP contribution in [0.3, 0.4) is 0 Å². The first-order valence-electron chi connectivity index (χ1n) is 13.3. The molecule has 3 atom stereocenters. The number of benzene rings is 2. The molecule has 1 amide bonds. The van der Waals surface area contributed by atoms with Crippen LogP contribution in [0.5, 0.6) is 0 Å². The van der Waals surface area contributed by atoms with E-state index < -0.39 is 0 Å². The quantitative estimate of drug-likeness (QED) is 0.404. The Bertz CT molecular complexity index is 1310. The first-order chi connectivity index (χ1) is 17.7. The summed E-state index contributed by atoms with van der Waals surface area (Å²) in [6.45, 7) is 6.41. The maximum Gasteiger partial charge on any atom is 0.414 e. The Kier molecular flexibility index (Phi) is 6.73. The van der Waals surface area contributed by atoms with Crippen molar-refractivity contribution in [1.29, 1.82) is 0 Å². The third-order valence-electron chi connectivity index (χ3n) is 8.45. The summed E-state index contributed by atoms with van der Waals surface area (Å²) in [7, 11) is 2.91. The molecule has 3 aromatic rings. The SMILES string of the molecule is COC(=O)[C@H]1CC[C@@H](n2c(Cc3ccccc3)nc3c4c(ccc32)N(C(=O)OC)[C@@H](C)CC4)CC1(C)C. The number of rotatable bonds is 4. The minimum atomic E-state index is -0.334. The van der Waals surface area contributed by atoms with Crippen molar-refractivity contribution in [3.63, 3.8) is 0 Å². The molecule has 37 heavy (non-hydrogen) atoms. The number of fused-ring (bicyclic) bond motifs is 3. The molecule has 0 N–H and O–H groups in total. The number of methoxy groups -OCH3 is 2. The maximum atomic E-state index is 12.7. The van der Waals surface area contributed by atoms with E-state index >= 15 is 0 Å². The smallest absolute Gasteiger partial charge is 0.414 e. The van der Waals surface area contributed by atoms with E-state index in [0.717, 1.165) is 66.6 Å². The van der Waals surface area contributed by atoms with Gasteiger partial charge in [0.15, 0.2) is 0 Å². The zero-order valence-corrected chi connectivity index (χ0v) is 22.5. The van der Waals surface area contributed by atoms with Crippen LogP contribution < -0.4 is 4.90 Å². The fourth-order valence-electron chi connectivity index (χ4n) is 6.53. The molecule has 5 rings (SSSR count). The Balaban J connectivity index is 1.63. The van der Waals surface area contributed by atoms with E-state index in [9.17, 15) is 9.59 Å². The molecule has 1 saturated carbocycles. The molecule has 1 aromatic heterocycles. The lowest BCUT2D eigenvalue weighted by Gasteiger charge is -2.41. The highest BCUT2D eigenvalue weighted by atomic mass is 16.5. The van der Waals surface area contributed by atoms with Gasteiger partial charge < -0.3 is 14.0 Å². The number of imidazole rings is 1. The fraction of sp³-hybridized carbons (Fsp3) is 0.500. The second-order valence-electron chi connectivity index (χ2n) is 11.2. The maximum absolute atomic E-state index is 12.7. The molecule has 2 heterocycles. The van der Waals surface area contributed by atoms with Gasteiger partial charge in [0.1, 0.15) is 5.82 Å². The second kappa shape index (κ2) is 9.84. The highest BCUT2D eigenvalue weighted by Crippen LogP contribution is 2.48. The van der Waals surface area contributed by atoms with Gasteiger partial charge in [-0.05, 0) is 62.1 Å². The van der Waals surface area contributed by atoms with Crippen molar-refractivity contribution in [2.75, 3.05) is 19.1 Å². The number of carbonyl (C=O) groups excluding carboxylic acids is 2. The lowest BCUT2D eigenvalue weighted by atomic mass is 9.67. The van der Waals surface area contributed by atoms with E-state index in [-0.39, 0.29) is 35.5 Å². The number of esters is 1. The minimum Gasteiger partial charge on any atom is -0.469 e. The molecular weight excluding hydrogens is 466 g/mol. The van der Waals surface area contributed by atoms with E-state index in [1.54, 1.807) is 4.90 Å². The van der Waals surface area contributed by atoms with E-state index in [1.807, 2.05) is 6.07 Å². The number of hydrogen-bond donors (Lipinski definition) is 0. The Labute approximate surface area is 218 Å². The summed E-state index contributed by atoms with van der Waals surface area (Å²) < 4.78 is 12.7. The summed E-state index contributed by atoms with van der Waals surface area (Å²) in [4.78, 5) is 32.2.